The zero-order valence-electron chi connectivity index (χ0n) is 14.7. The van der Waals surface area contributed by atoms with Crippen LogP contribution in [0.15, 0.2) is 30.3 Å². The molecule has 1 unspecified atom stereocenters. The molecule has 1 N–H and O–H groups in total. The van der Waals surface area contributed by atoms with Gasteiger partial charge in [-0.3, -0.25) is 4.90 Å². The van der Waals surface area contributed by atoms with Crippen molar-refractivity contribution in [2.75, 3.05) is 6.54 Å². The van der Waals surface area contributed by atoms with Crippen LogP contribution in [0.5, 0.6) is 0 Å². The van der Waals surface area contributed by atoms with Gasteiger partial charge in [-0.1, -0.05) is 30.3 Å². The van der Waals surface area contributed by atoms with E-state index in [9.17, 15) is 14.7 Å². The second kappa shape index (κ2) is 7.69. The van der Waals surface area contributed by atoms with E-state index in [0.29, 0.717) is 13.0 Å². The minimum Gasteiger partial charge on any atom is -0.480 e. The molecular formula is C19H27NO4. The van der Waals surface area contributed by atoms with E-state index in [1.54, 1.807) is 20.8 Å². The third-order valence-electron chi connectivity index (χ3n) is 4.22. The number of amides is 1. The molecule has 0 saturated carbocycles. The van der Waals surface area contributed by atoms with Crippen LogP contribution in [-0.4, -0.2) is 40.3 Å². The number of rotatable bonds is 5. The van der Waals surface area contributed by atoms with Gasteiger partial charge in [-0.25, -0.2) is 9.59 Å². The number of ether oxygens (including phenoxy) is 1. The highest BCUT2D eigenvalue weighted by molar-refractivity contribution is 5.81. The lowest BCUT2D eigenvalue weighted by Gasteiger charge is -2.26. The minimum absolute atomic E-state index is 0.210. The molecule has 2 rings (SSSR count). The van der Waals surface area contributed by atoms with Crippen LogP contribution < -0.4 is 0 Å². The fourth-order valence-electron chi connectivity index (χ4n) is 3.13. The lowest BCUT2D eigenvalue weighted by molar-refractivity contribution is -0.142. The normalized spacial score (nSPS) is 20.9. The number of carbonyl (C=O) groups is 2. The Balaban J connectivity index is 1.89. The van der Waals surface area contributed by atoms with E-state index in [0.717, 1.165) is 19.3 Å². The second-order valence-electron chi connectivity index (χ2n) is 7.47. The van der Waals surface area contributed by atoms with Crippen LogP contribution in [0.1, 0.15) is 45.6 Å². The van der Waals surface area contributed by atoms with E-state index in [1.807, 2.05) is 18.2 Å². The molecule has 24 heavy (non-hydrogen) atoms. The number of carboxylic acid groups (broad SMARTS) is 1. The fourth-order valence-corrected chi connectivity index (χ4v) is 3.13. The second-order valence-corrected chi connectivity index (χ2v) is 7.47. The van der Waals surface area contributed by atoms with Gasteiger partial charge in [0.15, 0.2) is 0 Å². The summed E-state index contributed by atoms with van der Waals surface area (Å²) >= 11 is 0. The first-order valence-corrected chi connectivity index (χ1v) is 8.52. The minimum atomic E-state index is -0.952. The number of carbonyl (C=O) groups excluding carboxylic acids is 1. The number of hydrogen-bond donors (Lipinski definition) is 1. The first kappa shape index (κ1) is 18.3. The van der Waals surface area contributed by atoms with Gasteiger partial charge in [0.1, 0.15) is 11.6 Å². The Hall–Kier alpha value is -2.04. The third-order valence-corrected chi connectivity index (χ3v) is 4.22. The average molecular weight is 333 g/mol. The van der Waals surface area contributed by atoms with E-state index in [-0.39, 0.29) is 5.92 Å². The molecule has 0 aromatic heterocycles. The maximum Gasteiger partial charge on any atom is 0.411 e. The predicted molar refractivity (Wildman–Crippen MR) is 91.9 cm³/mol. The predicted octanol–water partition coefficient (Wildman–Crippen LogP) is 3.72. The van der Waals surface area contributed by atoms with Crippen LogP contribution in [0.3, 0.4) is 0 Å². The lowest BCUT2D eigenvalue weighted by Crippen LogP contribution is -2.43. The highest BCUT2D eigenvalue weighted by atomic mass is 16.6. The summed E-state index contributed by atoms with van der Waals surface area (Å²) in [5, 5.41) is 9.40. The number of nitrogens with zero attached hydrogens (tertiary/aromatic N) is 1. The van der Waals surface area contributed by atoms with Crippen LogP contribution >= 0.6 is 0 Å². The third kappa shape index (κ3) is 5.25. The molecule has 1 fully saturated rings. The number of aryl methyl sites for hydroxylation is 1. The Morgan fingerprint density at radius 2 is 1.92 bits per heavy atom. The lowest BCUT2D eigenvalue weighted by atomic mass is 9.97. The first-order chi connectivity index (χ1) is 11.3. The van der Waals surface area contributed by atoms with Crippen LogP contribution in [0, 0.1) is 5.92 Å². The van der Waals surface area contributed by atoms with Crippen molar-refractivity contribution in [2.24, 2.45) is 5.92 Å². The van der Waals surface area contributed by atoms with Crippen molar-refractivity contribution in [1.29, 1.82) is 0 Å². The van der Waals surface area contributed by atoms with Crippen LogP contribution in [0.4, 0.5) is 4.79 Å². The van der Waals surface area contributed by atoms with Crippen molar-refractivity contribution in [2.45, 2.75) is 58.1 Å². The summed E-state index contributed by atoms with van der Waals surface area (Å²) in [6.45, 7) is 5.82. The highest BCUT2D eigenvalue weighted by Crippen LogP contribution is 2.29. The molecule has 5 nitrogen and oxygen atoms in total. The summed E-state index contributed by atoms with van der Waals surface area (Å²) < 4.78 is 5.35. The number of benzene rings is 1. The van der Waals surface area contributed by atoms with Gasteiger partial charge < -0.3 is 9.84 Å². The maximum atomic E-state index is 12.3. The summed E-state index contributed by atoms with van der Waals surface area (Å²) in [4.78, 5) is 25.1. The Kier molecular flexibility index (Phi) is 5.86. The molecule has 1 aromatic carbocycles. The van der Waals surface area contributed by atoms with Gasteiger partial charge in [-0.2, -0.15) is 0 Å². The van der Waals surface area contributed by atoms with Gasteiger partial charge in [0, 0.05) is 6.54 Å². The van der Waals surface area contributed by atoms with Gasteiger partial charge in [-0.15, -0.1) is 0 Å². The molecule has 1 heterocycles. The number of hydrogen-bond acceptors (Lipinski definition) is 3. The van der Waals surface area contributed by atoms with Crippen molar-refractivity contribution in [1.82, 2.24) is 4.90 Å². The topological polar surface area (TPSA) is 66.8 Å². The monoisotopic (exact) mass is 333 g/mol. The molecule has 0 aliphatic carbocycles. The van der Waals surface area contributed by atoms with Crippen molar-refractivity contribution < 1.29 is 19.4 Å². The Bertz CT molecular complexity index is 564. The van der Waals surface area contributed by atoms with E-state index in [1.165, 1.54) is 10.5 Å². The van der Waals surface area contributed by atoms with E-state index < -0.39 is 23.7 Å². The Labute approximate surface area is 143 Å². The van der Waals surface area contributed by atoms with Crippen molar-refractivity contribution in [3.63, 3.8) is 0 Å². The first-order valence-electron chi connectivity index (χ1n) is 8.52. The molecule has 0 bridgehead atoms. The molecule has 0 spiro atoms. The molecule has 1 saturated heterocycles. The largest absolute Gasteiger partial charge is 0.480 e. The van der Waals surface area contributed by atoms with Gasteiger partial charge in [-0.05, 0) is 57.9 Å². The molecule has 0 radical (unpaired) electrons. The quantitative estimate of drug-likeness (QED) is 0.892. The van der Waals surface area contributed by atoms with Gasteiger partial charge in [0.05, 0.1) is 0 Å². The van der Waals surface area contributed by atoms with E-state index in [4.69, 9.17) is 4.74 Å². The summed E-state index contributed by atoms with van der Waals surface area (Å²) in [7, 11) is 0. The smallest absolute Gasteiger partial charge is 0.411 e. The fraction of sp³-hybridized carbons (Fsp3) is 0.579. The summed E-state index contributed by atoms with van der Waals surface area (Å²) in [6.07, 6.45) is 2.85. The molecule has 1 aliphatic heterocycles. The van der Waals surface area contributed by atoms with Crippen LogP contribution in [0.25, 0.3) is 0 Å². The molecule has 5 heteroatoms. The van der Waals surface area contributed by atoms with Crippen molar-refractivity contribution >= 4 is 12.1 Å². The SMILES string of the molecule is CC(C)(C)OC(=O)N1C[C@H](CCCc2ccccc2)CC1C(=O)O. The van der Waals surface area contributed by atoms with Crippen molar-refractivity contribution in [3.8, 4) is 0 Å². The Morgan fingerprint density at radius 1 is 1.25 bits per heavy atom. The maximum absolute atomic E-state index is 12.3. The molecule has 1 aliphatic rings. The molecule has 2 atom stereocenters. The number of likely N-dealkylation sites (tertiary alicyclic amines) is 1. The number of aliphatic carboxylic acids is 1. The molecule has 1 amide bonds. The summed E-state index contributed by atoms with van der Waals surface area (Å²) in [5.41, 5.74) is 0.667. The summed E-state index contributed by atoms with van der Waals surface area (Å²) in [6, 6.07) is 9.46. The van der Waals surface area contributed by atoms with Crippen LogP contribution in [-0.2, 0) is 16.0 Å². The average Bonchev–Trinajstić information content (AvgIpc) is 2.91. The van der Waals surface area contributed by atoms with Gasteiger partial charge in [0.2, 0.25) is 0 Å². The van der Waals surface area contributed by atoms with Crippen molar-refractivity contribution in [3.05, 3.63) is 35.9 Å². The molecule has 1 aromatic rings. The number of carboxylic acids is 1. The molecular weight excluding hydrogens is 306 g/mol. The van der Waals surface area contributed by atoms with Gasteiger partial charge >= 0.3 is 12.1 Å². The Morgan fingerprint density at radius 3 is 2.50 bits per heavy atom. The highest BCUT2D eigenvalue weighted by Gasteiger charge is 2.41. The zero-order chi connectivity index (χ0) is 17.7. The van der Waals surface area contributed by atoms with E-state index >= 15 is 0 Å². The standard InChI is InChI=1S/C19H27NO4/c1-19(2,3)24-18(23)20-13-15(12-16(20)17(21)22)11-7-10-14-8-5-4-6-9-14/h4-6,8-9,15-16H,7,10-13H2,1-3H3,(H,21,22)/t15-,16?/m1/s1. The van der Waals surface area contributed by atoms with E-state index in [2.05, 4.69) is 12.1 Å². The van der Waals surface area contributed by atoms with Gasteiger partial charge in [0.25, 0.3) is 0 Å². The van der Waals surface area contributed by atoms with Crippen LogP contribution in [0.2, 0.25) is 0 Å². The zero-order valence-corrected chi connectivity index (χ0v) is 14.7. The molecule has 132 valence electrons. The summed E-state index contributed by atoms with van der Waals surface area (Å²) in [5.74, 6) is -0.742.